The molecular formula is C20H19N3O3S. The first-order valence-electron chi connectivity index (χ1n) is 8.57. The van der Waals surface area contributed by atoms with E-state index in [9.17, 15) is 4.79 Å². The zero-order valence-corrected chi connectivity index (χ0v) is 16.4. The summed E-state index contributed by atoms with van der Waals surface area (Å²) in [6.45, 7) is 6.12. The number of aryl methyl sites for hydroxylation is 3. The number of hydrogen-bond acceptors (Lipinski definition) is 6. The molecule has 4 rings (SSSR count). The molecular weight excluding hydrogens is 362 g/mol. The summed E-state index contributed by atoms with van der Waals surface area (Å²) in [7, 11) is 1.75. The number of nitrogens with zero attached hydrogens (tertiary/aromatic N) is 3. The van der Waals surface area contributed by atoms with Crippen molar-refractivity contribution in [2.75, 3.05) is 7.05 Å². The summed E-state index contributed by atoms with van der Waals surface area (Å²) in [5.41, 5.74) is 2.27. The van der Waals surface area contributed by atoms with E-state index in [0.29, 0.717) is 34.6 Å². The molecule has 0 radical (unpaired) electrons. The van der Waals surface area contributed by atoms with Crippen LogP contribution in [0.3, 0.4) is 0 Å². The molecule has 0 atom stereocenters. The molecule has 0 aliphatic heterocycles. The number of carbonyl (C=O) groups excluding carboxylic acids is 1. The normalized spacial score (nSPS) is 11.3. The molecule has 0 unspecified atom stereocenters. The van der Waals surface area contributed by atoms with Gasteiger partial charge >= 0.3 is 0 Å². The highest BCUT2D eigenvalue weighted by molar-refractivity contribution is 7.15. The van der Waals surface area contributed by atoms with Crippen molar-refractivity contribution in [1.82, 2.24) is 15.0 Å². The molecule has 0 spiro atoms. The second-order valence-electron chi connectivity index (χ2n) is 6.59. The van der Waals surface area contributed by atoms with Crippen LogP contribution in [0.25, 0.3) is 21.7 Å². The molecule has 0 aliphatic rings. The molecule has 4 heterocycles. The van der Waals surface area contributed by atoms with Crippen LogP contribution in [0.2, 0.25) is 0 Å². The third-order valence-electron chi connectivity index (χ3n) is 4.38. The molecule has 138 valence electrons. The van der Waals surface area contributed by atoms with Crippen molar-refractivity contribution < 1.29 is 13.7 Å². The van der Waals surface area contributed by atoms with Gasteiger partial charge in [-0.05, 0) is 51.1 Å². The SMILES string of the molecule is Cc1ccc(CN(C)C(=O)c2cc(-c3ccc(C)s3)nc3onc(C)c23)o1. The largest absolute Gasteiger partial charge is 0.464 e. The Kier molecular flexibility index (Phi) is 4.31. The molecule has 27 heavy (non-hydrogen) atoms. The first-order chi connectivity index (χ1) is 12.9. The van der Waals surface area contributed by atoms with E-state index < -0.39 is 0 Å². The molecule has 0 fully saturated rings. The summed E-state index contributed by atoms with van der Waals surface area (Å²) in [6.07, 6.45) is 0. The van der Waals surface area contributed by atoms with Gasteiger partial charge in [0.2, 0.25) is 0 Å². The topological polar surface area (TPSA) is 72.4 Å². The Morgan fingerprint density at radius 2 is 2.00 bits per heavy atom. The van der Waals surface area contributed by atoms with E-state index in [1.807, 2.05) is 51.1 Å². The van der Waals surface area contributed by atoms with Gasteiger partial charge in [0.1, 0.15) is 11.5 Å². The monoisotopic (exact) mass is 381 g/mol. The first-order valence-corrected chi connectivity index (χ1v) is 9.38. The lowest BCUT2D eigenvalue weighted by molar-refractivity contribution is 0.0777. The van der Waals surface area contributed by atoms with Crippen LogP contribution in [0, 0.1) is 20.8 Å². The highest BCUT2D eigenvalue weighted by atomic mass is 32.1. The Bertz CT molecular complexity index is 1140. The Labute approximate surface area is 160 Å². The van der Waals surface area contributed by atoms with Crippen LogP contribution in [-0.4, -0.2) is 28.0 Å². The van der Waals surface area contributed by atoms with E-state index >= 15 is 0 Å². The predicted molar refractivity (Wildman–Crippen MR) is 104 cm³/mol. The van der Waals surface area contributed by atoms with Crippen molar-refractivity contribution in [3.8, 4) is 10.6 Å². The van der Waals surface area contributed by atoms with Crippen molar-refractivity contribution in [3.63, 3.8) is 0 Å². The van der Waals surface area contributed by atoms with Crippen molar-refractivity contribution in [2.45, 2.75) is 27.3 Å². The maximum absolute atomic E-state index is 13.2. The van der Waals surface area contributed by atoms with Crippen molar-refractivity contribution in [2.24, 2.45) is 0 Å². The van der Waals surface area contributed by atoms with Gasteiger partial charge in [0.05, 0.1) is 33.8 Å². The summed E-state index contributed by atoms with van der Waals surface area (Å²) in [4.78, 5) is 21.6. The van der Waals surface area contributed by atoms with Gasteiger partial charge in [0, 0.05) is 11.9 Å². The van der Waals surface area contributed by atoms with Crippen LogP contribution in [-0.2, 0) is 6.54 Å². The number of thiophene rings is 1. The van der Waals surface area contributed by atoms with E-state index in [0.717, 1.165) is 16.4 Å². The predicted octanol–water partition coefficient (Wildman–Crippen LogP) is 4.74. The number of amides is 1. The zero-order chi connectivity index (χ0) is 19.1. The molecule has 0 saturated carbocycles. The summed E-state index contributed by atoms with van der Waals surface area (Å²) < 4.78 is 11.0. The van der Waals surface area contributed by atoms with Crippen LogP contribution in [0.15, 0.2) is 39.3 Å². The highest BCUT2D eigenvalue weighted by Gasteiger charge is 2.22. The number of hydrogen-bond donors (Lipinski definition) is 0. The second-order valence-corrected chi connectivity index (χ2v) is 7.87. The Hall–Kier alpha value is -2.93. The molecule has 6 nitrogen and oxygen atoms in total. The highest BCUT2D eigenvalue weighted by Crippen LogP contribution is 2.31. The Balaban J connectivity index is 1.76. The van der Waals surface area contributed by atoms with Crippen LogP contribution < -0.4 is 0 Å². The first kappa shape index (κ1) is 17.5. The van der Waals surface area contributed by atoms with Crippen molar-refractivity contribution >= 4 is 28.3 Å². The van der Waals surface area contributed by atoms with Gasteiger partial charge in [0.15, 0.2) is 0 Å². The second kappa shape index (κ2) is 6.66. The van der Waals surface area contributed by atoms with Gasteiger partial charge in [-0.2, -0.15) is 0 Å². The van der Waals surface area contributed by atoms with Gasteiger partial charge in [-0.25, -0.2) is 4.98 Å². The van der Waals surface area contributed by atoms with Gasteiger partial charge in [-0.3, -0.25) is 4.79 Å². The summed E-state index contributed by atoms with van der Waals surface area (Å²) in [6, 6.07) is 9.63. The molecule has 0 N–H and O–H groups in total. The van der Waals surface area contributed by atoms with Gasteiger partial charge in [0.25, 0.3) is 11.6 Å². The number of pyridine rings is 1. The summed E-state index contributed by atoms with van der Waals surface area (Å²) in [5.74, 6) is 1.43. The molecule has 4 aromatic heterocycles. The third-order valence-corrected chi connectivity index (χ3v) is 5.40. The van der Waals surface area contributed by atoms with Gasteiger partial charge < -0.3 is 13.8 Å². The average molecular weight is 381 g/mol. The number of aromatic nitrogens is 2. The fourth-order valence-corrected chi connectivity index (χ4v) is 3.87. The quantitative estimate of drug-likeness (QED) is 0.510. The van der Waals surface area contributed by atoms with Gasteiger partial charge in [-0.1, -0.05) is 5.16 Å². The van der Waals surface area contributed by atoms with E-state index in [1.165, 1.54) is 4.88 Å². The van der Waals surface area contributed by atoms with Crippen LogP contribution in [0.1, 0.15) is 32.4 Å². The molecule has 4 aromatic rings. The smallest absolute Gasteiger partial charge is 0.259 e. The van der Waals surface area contributed by atoms with Crippen molar-refractivity contribution in [3.05, 3.63) is 58.0 Å². The average Bonchev–Trinajstić information content (AvgIpc) is 3.35. The number of furan rings is 1. The lowest BCUT2D eigenvalue weighted by Crippen LogP contribution is -2.26. The van der Waals surface area contributed by atoms with Crippen LogP contribution >= 0.6 is 11.3 Å². The molecule has 7 heteroatoms. The fraction of sp³-hybridized carbons (Fsp3) is 0.250. The lowest BCUT2D eigenvalue weighted by atomic mass is 10.1. The van der Waals surface area contributed by atoms with E-state index in [-0.39, 0.29) is 5.91 Å². The van der Waals surface area contributed by atoms with E-state index in [4.69, 9.17) is 8.94 Å². The maximum Gasteiger partial charge on any atom is 0.259 e. The minimum absolute atomic E-state index is 0.128. The molecule has 0 bridgehead atoms. The minimum Gasteiger partial charge on any atom is -0.464 e. The van der Waals surface area contributed by atoms with Crippen LogP contribution in [0.5, 0.6) is 0 Å². The number of carbonyl (C=O) groups is 1. The number of fused-ring (bicyclic) bond motifs is 1. The summed E-state index contributed by atoms with van der Waals surface area (Å²) in [5, 5.41) is 4.65. The molecule has 0 aromatic carbocycles. The lowest BCUT2D eigenvalue weighted by Gasteiger charge is -2.16. The summed E-state index contributed by atoms with van der Waals surface area (Å²) >= 11 is 1.63. The van der Waals surface area contributed by atoms with Gasteiger partial charge in [-0.15, -0.1) is 11.3 Å². The number of rotatable bonds is 4. The van der Waals surface area contributed by atoms with E-state index in [1.54, 1.807) is 23.3 Å². The van der Waals surface area contributed by atoms with E-state index in [2.05, 4.69) is 10.1 Å². The van der Waals surface area contributed by atoms with Crippen LogP contribution in [0.4, 0.5) is 0 Å². The standard InChI is InChI=1S/C20H19N3O3S/c1-11-5-7-14(25-11)10-23(4)20(24)15-9-16(17-8-6-12(2)27-17)21-19-18(15)13(3)22-26-19/h5-9H,10H2,1-4H3. The fourth-order valence-electron chi connectivity index (χ4n) is 3.04. The molecule has 1 amide bonds. The molecule has 0 saturated heterocycles. The molecule has 0 aliphatic carbocycles. The zero-order valence-electron chi connectivity index (χ0n) is 15.6. The Morgan fingerprint density at radius 3 is 2.67 bits per heavy atom. The Morgan fingerprint density at radius 1 is 1.19 bits per heavy atom. The third kappa shape index (κ3) is 3.26. The minimum atomic E-state index is -0.128. The van der Waals surface area contributed by atoms with Crippen molar-refractivity contribution in [1.29, 1.82) is 0 Å². The maximum atomic E-state index is 13.2.